The van der Waals surface area contributed by atoms with Crippen molar-refractivity contribution < 1.29 is 8.78 Å². The third-order valence-corrected chi connectivity index (χ3v) is 3.73. The maximum absolute atomic E-state index is 14.0. The van der Waals surface area contributed by atoms with Gasteiger partial charge in [-0.1, -0.05) is 18.2 Å². The van der Waals surface area contributed by atoms with Gasteiger partial charge in [0.05, 0.1) is 12.7 Å². The largest absolute Gasteiger partial charge is 0.338 e. The van der Waals surface area contributed by atoms with Gasteiger partial charge in [-0.15, -0.1) is 0 Å². The summed E-state index contributed by atoms with van der Waals surface area (Å²) in [6.07, 6.45) is 2.86. The molecule has 0 saturated heterocycles. The number of rotatable bonds is 3. The topological polar surface area (TPSA) is 50.2 Å². The highest BCUT2D eigenvalue weighted by Crippen LogP contribution is 2.24. The summed E-state index contributed by atoms with van der Waals surface area (Å²) in [4.78, 5) is 12.3. The molecule has 24 heavy (non-hydrogen) atoms. The van der Waals surface area contributed by atoms with Crippen LogP contribution in [0.25, 0.3) is 11.4 Å². The summed E-state index contributed by atoms with van der Waals surface area (Å²) in [6.45, 7) is 0.668. The minimum absolute atomic E-state index is 0.0409. The zero-order valence-electron chi connectivity index (χ0n) is 12.5. The van der Waals surface area contributed by atoms with Crippen molar-refractivity contribution in [1.29, 1.82) is 0 Å². The lowest BCUT2D eigenvalue weighted by atomic mass is 10.1. The van der Waals surface area contributed by atoms with E-state index in [1.165, 1.54) is 12.1 Å². The molecule has 1 aliphatic heterocycles. The fourth-order valence-corrected chi connectivity index (χ4v) is 2.54. The van der Waals surface area contributed by atoms with Crippen LogP contribution in [-0.4, -0.2) is 16.2 Å². The molecule has 0 saturated carbocycles. The van der Waals surface area contributed by atoms with Gasteiger partial charge in [0.15, 0.2) is 17.5 Å². The normalized spacial score (nSPS) is 12.2. The lowest BCUT2D eigenvalue weighted by molar-refractivity contribution is 0.619. The number of anilines is 2. The quantitative estimate of drug-likeness (QED) is 0.790. The molecule has 4 nitrogen and oxygen atoms in total. The van der Waals surface area contributed by atoms with E-state index < -0.39 is 11.6 Å². The Labute approximate surface area is 136 Å². The summed E-state index contributed by atoms with van der Waals surface area (Å²) in [6, 6.07) is 11.5. The van der Waals surface area contributed by atoms with Crippen molar-refractivity contribution in [3.05, 3.63) is 71.4 Å². The first-order chi connectivity index (χ1) is 11.7. The van der Waals surface area contributed by atoms with Gasteiger partial charge in [-0.25, -0.2) is 18.7 Å². The van der Waals surface area contributed by atoms with E-state index in [4.69, 9.17) is 0 Å². The molecule has 118 valence electrons. The third-order valence-electron chi connectivity index (χ3n) is 3.73. The van der Waals surface area contributed by atoms with E-state index in [0.29, 0.717) is 17.8 Å². The van der Waals surface area contributed by atoms with Crippen molar-refractivity contribution in [2.24, 2.45) is 4.99 Å². The van der Waals surface area contributed by atoms with Crippen molar-refractivity contribution in [3.63, 3.8) is 0 Å². The average molecular weight is 322 g/mol. The Morgan fingerprint density at radius 2 is 1.96 bits per heavy atom. The highest BCUT2D eigenvalue weighted by atomic mass is 19.1. The van der Waals surface area contributed by atoms with E-state index in [0.717, 1.165) is 17.3 Å². The lowest BCUT2D eigenvalue weighted by Gasteiger charge is -2.09. The lowest BCUT2D eigenvalue weighted by Crippen LogP contribution is -2.01. The summed E-state index contributed by atoms with van der Waals surface area (Å²) in [7, 11) is 0. The number of aromatic nitrogens is 2. The Morgan fingerprint density at radius 3 is 2.83 bits per heavy atom. The standard InChI is InChI=1S/C18H12F2N4/c19-14-3-1-2-11(6-14)17-22-10-16(20)18(24-17)23-15-5-4-12-8-21-9-13(12)7-15/h1-7,9-10H,8H2,(H,22,23,24). The molecular weight excluding hydrogens is 310 g/mol. The maximum atomic E-state index is 14.0. The molecule has 3 aromatic rings. The molecule has 0 fully saturated rings. The fraction of sp³-hybridized carbons (Fsp3) is 0.0556. The van der Waals surface area contributed by atoms with Crippen LogP contribution in [0.2, 0.25) is 0 Å². The number of halogens is 2. The molecule has 0 atom stereocenters. The Morgan fingerprint density at radius 1 is 1.04 bits per heavy atom. The molecule has 0 amide bonds. The number of hydrogen-bond donors (Lipinski definition) is 1. The summed E-state index contributed by atoms with van der Waals surface area (Å²) < 4.78 is 27.4. The van der Waals surface area contributed by atoms with Gasteiger partial charge < -0.3 is 5.32 Å². The number of benzene rings is 2. The van der Waals surface area contributed by atoms with E-state index in [-0.39, 0.29) is 11.6 Å². The number of nitrogens with zero attached hydrogens (tertiary/aromatic N) is 3. The molecule has 1 aromatic heterocycles. The molecular formula is C18H12F2N4. The number of aliphatic imine (C=N–C) groups is 1. The van der Waals surface area contributed by atoms with Gasteiger partial charge in [0.25, 0.3) is 0 Å². The highest BCUT2D eigenvalue weighted by Gasteiger charge is 2.11. The van der Waals surface area contributed by atoms with Gasteiger partial charge in [0.2, 0.25) is 0 Å². The molecule has 0 unspecified atom stereocenters. The van der Waals surface area contributed by atoms with Crippen molar-refractivity contribution in [2.45, 2.75) is 6.54 Å². The van der Waals surface area contributed by atoms with Gasteiger partial charge >= 0.3 is 0 Å². The summed E-state index contributed by atoms with van der Waals surface area (Å²) in [5.41, 5.74) is 3.31. The molecule has 0 spiro atoms. The molecule has 6 heteroatoms. The number of fused-ring (bicyclic) bond motifs is 1. The predicted molar refractivity (Wildman–Crippen MR) is 88.4 cm³/mol. The van der Waals surface area contributed by atoms with Crippen molar-refractivity contribution in [3.8, 4) is 11.4 Å². The minimum Gasteiger partial charge on any atom is -0.338 e. The second kappa shape index (κ2) is 5.81. The van der Waals surface area contributed by atoms with Crippen molar-refractivity contribution in [1.82, 2.24) is 9.97 Å². The van der Waals surface area contributed by atoms with Gasteiger partial charge in [-0.2, -0.15) is 0 Å². The Balaban J connectivity index is 1.68. The first kappa shape index (κ1) is 14.4. The predicted octanol–water partition coefficient (Wildman–Crippen LogP) is 4.10. The first-order valence-corrected chi connectivity index (χ1v) is 7.37. The molecule has 0 radical (unpaired) electrons. The van der Waals surface area contributed by atoms with Gasteiger partial charge in [0, 0.05) is 17.5 Å². The second-order valence-electron chi connectivity index (χ2n) is 5.41. The fourth-order valence-electron chi connectivity index (χ4n) is 2.54. The van der Waals surface area contributed by atoms with Crippen molar-refractivity contribution >= 4 is 17.7 Å². The summed E-state index contributed by atoms with van der Waals surface area (Å²) >= 11 is 0. The van der Waals surface area contributed by atoms with Gasteiger partial charge in [-0.05, 0) is 35.4 Å². The third kappa shape index (κ3) is 2.74. The zero-order valence-corrected chi connectivity index (χ0v) is 12.5. The van der Waals surface area contributed by atoms with E-state index in [2.05, 4.69) is 20.3 Å². The number of hydrogen-bond acceptors (Lipinski definition) is 4. The molecule has 4 rings (SSSR count). The van der Waals surface area contributed by atoms with Crippen LogP contribution in [0.5, 0.6) is 0 Å². The molecule has 0 aliphatic carbocycles. The van der Waals surface area contributed by atoms with Crippen LogP contribution >= 0.6 is 0 Å². The first-order valence-electron chi connectivity index (χ1n) is 7.37. The minimum atomic E-state index is -0.579. The second-order valence-corrected chi connectivity index (χ2v) is 5.41. The molecule has 1 N–H and O–H groups in total. The zero-order chi connectivity index (χ0) is 16.5. The van der Waals surface area contributed by atoms with E-state index in [9.17, 15) is 8.78 Å². The summed E-state index contributed by atoms with van der Waals surface area (Å²) in [5, 5.41) is 2.95. The maximum Gasteiger partial charge on any atom is 0.184 e. The SMILES string of the molecule is Fc1cccc(-c2ncc(F)c(Nc3ccc4c(c3)C=NC4)n2)c1. The van der Waals surface area contributed by atoms with Crippen LogP contribution in [0, 0.1) is 11.6 Å². The number of nitrogens with one attached hydrogen (secondary N) is 1. The average Bonchev–Trinajstić information content (AvgIpc) is 3.04. The van der Waals surface area contributed by atoms with Crippen LogP contribution < -0.4 is 5.32 Å². The summed E-state index contributed by atoms with van der Waals surface area (Å²) in [5.74, 6) is -0.683. The molecule has 2 heterocycles. The van der Waals surface area contributed by atoms with Gasteiger partial charge in [0.1, 0.15) is 5.82 Å². The Kier molecular flexibility index (Phi) is 3.49. The van der Waals surface area contributed by atoms with E-state index in [1.807, 2.05) is 18.2 Å². The molecule has 1 aliphatic rings. The van der Waals surface area contributed by atoms with Crippen LogP contribution in [0.1, 0.15) is 11.1 Å². The highest BCUT2D eigenvalue weighted by molar-refractivity contribution is 5.86. The van der Waals surface area contributed by atoms with Gasteiger partial charge in [-0.3, -0.25) is 4.99 Å². The van der Waals surface area contributed by atoms with Crippen LogP contribution in [-0.2, 0) is 6.54 Å². The van der Waals surface area contributed by atoms with Crippen LogP contribution in [0.4, 0.5) is 20.3 Å². The molecule has 0 bridgehead atoms. The molecule has 2 aromatic carbocycles. The Hall–Kier alpha value is -3.15. The van der Waals surface area contributed by atoms with Crippen molar-refractivity contribution in [2.75, 3.05) is 5.32 Å². The monoisotopic (exact) mass is 322 g/mol. The van der Waals surface area contributed by atoms with E-state index in [1.54, 1.807) is 18.3 Å². The van der Waals surface area contributed by atoms with E-state index >= 15 is 0 Å². The van der Waals surface area contributed by atoms with Crippen LogP contribution in [0.15, 0.2) is 53.7 Å². The van der Waals surface area contributed by atoms with Crippen LogP contribution in [0.3, 0.4) is 0 Å². The Bertz CT molecular complexity index is 953. The smallest absolute Gasteiger partial charge is 0.184 e.